The molecule has 2 atom stereocenters. The van der Waals surface area contributed by atoms with Crippen LogP contribution in [0.1, 0.15) is 33.6 Å². The van der Waals surface area contributed by atoms with Crippen molar-refractivity contribution in [2.24, 2.45) is 17.8 Å². The van der Waals surface area contributed by atoms with E-state index in [0.29, 0.717) is 13.2 Å². The summed E-state index contributed by atoms with van der Waals surface area (Å²) in [4.78, 5) is 23.2. The molecule has 1 rings (SSSR count). The Hall–Kier alpha value is -1.06. The van der Waals surface area contributed by atoms with Crippen LogP contribution in [0, 0.1) is 17.8 Å². The second-order valence-corrected chi connectivity index (χ2v) is 4.01. The molecule has 0 aromatic rings. The predicted octanol–water partition coefficient (Wildman–Crippen LogP) is 1.77. The molecule has 0 aromatic carbocycles. The maximum Gasteiger partial charge on any atom is 0.310 e. The summed E-state index contributed by atoms with van der Waals surface area (Å²) in [5.41, 5.74) is 0. The van der Waals surface area contributed by atoms with E-state index in [0.717, 1.165) is 12.8 Å². The standard InChI is InChI=1S/C12H20O4/c1-4-7-8-9(11(13)15-5-2)10(8)12(14)16-6-3/h8-10H,4-7H2,1-3H3. The number of hydrogen-bond acceptors (Lipinski definition) is 4. The summed E-state index contributed by atoms with van der Waals surface area (Å²) in [6, 6.07) is 0. The van der Waals surface area contributed by atoms with Crippen molar-refractivity contribution in [3.05, 3.63) is 0 Å². The first-order chi connectivity index (χ1) is 7.67. The summed E-state index contributed by atoms with van der Waals surface area (Å²) in [6.45, 7) is 6.32. The van der Waals surface area contributed by atoms with Gasteiger partial charge in [-0.25, -0.2) is 0 Å². The van der Waals surface area contributed by atoms with Crippen molar-refractivity contribution in [3.8, 4) is 0 Å². The fraction of sp³-hybridized carbons (Fsp3) is 0.833. The highest BCUT2D eigenvalue weighted by atomic mass is 16.5. The highest BCUT2D eigenvalue weighted by Crippen LogP contribution is 2.50. The van der Waals surface area contributed by atoms with Gasteiger partial charge in [-0.2, -0.15) is 0 Å². The maximum atomic E-state index is 11.6. The van der Waals surface area contributed by atoms with Gasteiger partial charge in [0.25, 0.3) is 0 Å². The quantitative estimate of drug-likeness (QED) is 0.650. The molecule has 0 radical (unpaired) electrons. The molecule has 0 heterocycles. The van der Waals surface area contributed by atoms with E-state index in [-0.39, 0.29) is 29.7 Å². The van der Waals surface area contributed by atoms with Crippen LogP contribution in [0.15, 0.2) is 0 Å². The lowest BCUT2D eigenvalue weighted by Crippen LogP contribution is -2.13. The predicted molar refractivity (Wildman–Crippen MR) is 58.6 cm³/mol. The first-order valence-electron chi connectivity index (χ1n) is 6.00. The normalized spacial score (nSPS) is 27.3. The molecule has 0 amide bonds. The average molecular weight is 228 g/mol. The molecule has 0 N–H and O–H groups in total. The topological polar surface area (TPSA) is 52.6 Å². The summed E-state index contributed by atoms with van der Waals surface area (Å²) in [7, 11) is 0. The molecule has 0 aliphatic heterocycles. The number of rotatable bonds is 6. The summed E-state index contributed by atoms with van der Waals surface area (Å²) in [6.07, 6.45) is 1.85. The van der Waals surface area contributed by atoms with Crippen molar-refractivity contribution in [3.63, 3.8) is 0 Å². The highest BCUT2D eigenvalue weighted by molar-refractivity contribution is 5.88. The van der Waals surface area contributed by atoms with Crippen LogP contribution < -0.4 is 0 Å². The van der Waals surface area contributed by atoms with Gasteiger partial charge in [0.15, 0.2) is 0 Å². The number of carbonyl (C=O) groups is 2. The van der Waals surface area contributed by atoms with Crippen LogP contribution in [-0.2, 0) is 19.1 Å². The van der Waals surface area contributed by atoms with Gasteiger partial charge in [-0.1, -0.05) is 13.3 Å². The van der Waals surface area contributed by atoms with Gasteiger partial charge in [0.2, 0.25) is 0 Å². The number of esters is 2. The van der Waals surface area contributed by atoms with Crippen molar-refractivity contribution >= 4 is 11.9 Å². The van der Waals surface area contributed by atoms with E-state index in [1.165, 1.54) is 0 Å². The maximum absolute atomic E-state index is 11.6. The van der Waals surface area contributed by atoms with Crippen LogP contribution in [0.25, 0.3) is 0 Å². The van der Waals surface area contributed by atoms with Crippen molar-refractivity contribution < 1.29 is 19.1 Å². The Morgan fingerprint density at radius 2 is 1.38 bits per heavy atom. The first-order valence-corrected chi connectivity index (χ1v) is 6.00. The Kier molecular flexibility index (Phi) is 4.77. The molecular weight excluding hydrogens is 208 g/mol. The first kappa shape index (κ1) is 13.0. The van der Waals surface area contributed by atoms with Gasteiger partial charge in [0.05, 0.1) is 25.0 Å². The van der Waals surface area contributed by atoms with Crippen LogP contribution in [0.3, 0.4) is 0 Å². The van der Waals surface area contributed by atoms with Crippen LogP contribution in [0.2, 0.25) is 0 Å². The molecule has 16 heavy (non-hydrogen) atoms. The Balaban J connectivity index is 2.55. The Morgan fingerprint density at radius 1 is 0.938 bits per heavy atom. The molecule has 1 saturated carbocycles. The molecule has 1 aliphatic carbocycles. The van der Waals surface area contributed by atoms with E-state index in [2.05, 4.69) is 0 Å². The largest absolute Gasteiger partial charge is 0.466 e. The van der Waals surface area contributed by atoms with Gasteiger partial charge < -0.3 is 9.47 Å². The monoisotopic (exact) mass is 228 g/mol. The van der Waals surface area contributed by atoms with E-state index in [4.69, 9.17) is 9.47 Å². The molecule has 0 bridgehead atoms. The average Bonchev–Trinajstić information content (AvgIpc) is 2.93. The third kappa shape index (κ3) is 2.74. The second kappa shape index (κ2) is 5.87. The van der Waals surface area contributed by atoms with Crippen LogP contribution in [-0.4, -0.2) is 25.2 Å². The molecule has 2 unspecified atom stereocenters. The summed E-state index contributed by atoms with van der Waals surface area (Å²) in [5, 5.41) is 0. The van der Waals surface area contributed by atoms with E-state index in [1.807, 2.05) is 6.92 Å². The van der Waals surface area contributed by atoms with Crippen LogP contribution in [0.4, 0.5) is 0 Å². The van der Waals surface area contributed by atoms with Crippen LogP contribution >= 0.6 is 0 Å². The number of ether oxygens (including phenoxy) is 2. The minimum Gasteiger partial charge on any atom is -0.466 e. The minimum atomic E-state index is -0.265. The van der Waals surface area contributed by atoms with Gasteiger partial charge in [-0.3, -0.25) is 9.59 Å². The third-order valence-electron chi connectivity index (χ3n) is 2.91. The second-order valence-electron chi connectivity index (χ2n) is 4.01. The Labute approximate surface area is 96.3 Å². The highest BCUT2D eigenvalue weighted by Gasteiger charge is 2.59. The number of hydrogen-bond donors (Lipinski definition) is 0. The zero-order valence-corrected chi connectivity index (χ0v) is 10.2. The lowest BCUT2D eigenvalue weighted by atomic mass is 10.2. The lowest BCUT2D eigenvalue weighted by Gasteiger charge is -2.00. The molecule has 0 saturated heterocycles. The van der Waals surface area contributed by atoms with Crippen LogP contribution in [0.5, 0.6) is 0 Å². The minimum absolute atomic E-state index is 0.128. The molecule has 1 fully saturated rings. The van der Waals surface area contributed by atoms with Gasteiger partial charge in [-0.05, 0) is 26.2 Å². The van der Waals surface area contributed by atoms with Crippen molar-refractivity contribution in [2.45, 2.75) is 33.6 Å². The molecule has 4 heteroatoms. The van der Waals surface area contributed by atoms with Gasteiger partial charge in [-0.15, -0.1) is 0 Å². The summed E-state index contributed by atoms with van der Waals surface area (Å²) >= 11 is 0. The fourth-order valence-electron chi connectivity index (χ4n) is 2.19. The van der Waals surface area contributed by atoms with Crippen molar-refractivity contribution in [1.29, 1.82) is 0 Å². The van der Waals surface area contributed by atoms with Gasteiger partial charge in [0.1, 0.15) is 0 Å². The van der Waals surface area contributed by atoms with E-state index in [9.17, 15) is 9.59 Å². The fourth-order valence-corrected chi connectivity index (χ4v) is 2.19. The smallest absolute Gasteiger partial charge is 0.310 e. The van der Waals surface area contributed by atoms with Gasteiger partial charge >= 0.3 is 11.9 Å². The lowest BCUT2D eigenvalue weighted by molar-refractivity contribution is -0.150. The van der Waals surface area contributed by atoms with E-state index in [1.54, 1.807) is 13.8 Å². The van der Waals surface area contributed by atoms with Crippen molar-refractivity contribution in [1.82, 2.24) is 0 Å². The molecule has 1 aliphatic rings. The van der Waals surface area contributed by atoms with Gasteiger partial charge in [0, 0.05) is 0 Å². The zero-order chi connectivity index (χ0) is 12.1. The Morgan fingerprint density at radius 3 is 1.69 bits per heavy atom. The molecule has 92 valence electrons. The third-order valence-corrected chi connectivity index (χ3v) is 2.91. The summed E-state index contributed by atoms with van der Waals surface area (Å²) in [5.74, 6) is -0.904. The summed E-state index contributed by atoms with van der Waals surface area (Å²) < 4.78 is 9.91. The number of carbonyl (C=O) groups excluding carboxylic acids is 2. The van der Waals surface area contributed by atoms with Crippen molar-refractivity contribution in [2.75, 3.05) is 13.2 Å². The molecule has 4 nitrogen and oxygen atoms in total. The molecule has 0 spiro atoms. The molecule has 0 aromatic heterocycles. The van der Waals surface area contributed by atoms with E-state index >= 15 is 0 Å². The SMILES string of the molecule is CCCC1C(C(=O)OCC)C1C(=O)OCC. The van der Waals surface area contributed by atoms with E-state index < -0.39 is 0 Å². The zero-order valence-electron chi connectivity index (χ0n) is 10.2. The Bertz CT molecular complexity index is 238. The molecular formula is C12H20O4.